The van der Waals surface area contributed by atoms with E-state index in [0.29, 0.717) is 11.8 Å². The number of hydrogen-bond acceptors (Lipinski definition) is 2. The van der Waals surface area contributed by atoms with Crippen molar-refractivity contribution in [3.63, 3.8) is 0 Å². The summed E-state index contributed by atoms with van der Waals surface area (Å²) < 4.78 is 0. The number of nitrogens with one attached hydrogen (secondary N) is 1. The van der Waals surface area contributed by atoms with Crippen LogP contribution < -0.4 is 5.32 Å². The van der Waals surface area contributed by atoms with Crippen LogP contribution in [0.3, 0.4) is 0 Å². The van der Waals surface area contributed by atoms with Gasteiger partial charge in [-0.1, -0.05) is 53.4 Å². The average molecular weight is 307 g/mol. The van der Waals surface area contributed by atoms with Crippen LogP contribution in [-0.4, -0.2) is 11.8 Å². The van der Waals surface area contributed by atoms with Crippen molar-refractivity contribution >= 4 is 11.8 Å². The Morgan fingerprint density at radius 3 is 2.45 bits per heavy atom. The van der Waals surface area contributed by atoms with Crippen molar-refractivity contribution in [2.24, 2.45) is 35.5 Å². The Bertz CT molecular complexity index is 404. The summed E-state index contributed by atoms with van der Waals surface area (Å²) in [4.78, 5) is 24.0. The van der Waals surface area contributed by atoms with Gasteiger partial charge in [0.1, 0.15) is 0 Å². The standard InChI is InChI=1S/C19H33NO2/c1-12(2)6-5-7-13(3)8-10-15-14(4)9-11-16-17(15)19(22)20-18(16)21/h12-17H,5-11H2,1-4H3,(H,20,21,22). The molecule has 2 amide bonds. The maximum Gasteiger partial charge on any atom is 0.230 e. The molecule has 1 N–H and O–H groups in total. The van der Waals surface area contributed by atoms with Crippen molar-refractivity contribution in [1.29, 1.82) is 0 Å². The summed E-state index contributed by atoms with van der Waals surface area (Å²) in [6, 6.07) is 0. The predicted molar refractivity (Wildman–Crippen MR) is 89.1 cm³/mol. The van der Waals surface area contributed by atoms with Crippen molar-refractivity contribution < 1.29 is 9.59 Å². The van der Waals surface area contributed by atoms with Gasteiger partial charge < -0.3 is 0 Å². The molecule has 22 heavy (non-hydrogen) atoms. The number of carbonyl (C=O) groups is 2. The lowest BCUT2D eigenvalue weighted by molar-refractivity contribution is -0.126. The van der Waals surface area contributed by atoms with Crippen LogP contribution >= 0.6 is 0 Å². The first kappa shape index (κ1) is 17.5. The fraction of sp³-hybridized carbons (Fsp3) is 0.895. The van der Waals surface area contributed by atoms with E-state index in [-0.39, 0.29) is 23.7 Å². The van der Waals surface area contributed by atoms with Crippen LogP contribution in [0, 0.1) is 35.5 Å². The molecule has 0 aromatic heterocycles. The zero-order valence-electron chi connectivity index (χ0n) is 14.7. The summed E-state index contributed by atoms with van der Waals surface area (Å²) in [6.45, 7) is 9.17. The molecule has 5 unspecified atom stereocenters. The maximum absolute atomic E-state index is 12.1. The molecule has 1 saturated heterocycles. The van der Waals surface area contributed by atoms with Crippen LogP contribution in [0.1, 0.15) is 72.6 Å². The van der Waals surface area contributed by atoms with Crippen LogP contribution in [0.25, 0.3) is 0 Å². The van der Waals surface area contributed by atoms with Gasteiger partial charge in [0.15, 0.2) is 0 Å². The molecule has 0 aromatic carbocycles. The highest BCUT2D eigenvalue weighted by Crippen LogP contribution is 2.44. The summed E-state index contributed by atoms with van der Waals surface area (Å²) >= 11 is 0. The number of hydrogen-bond donors (Lipinski definition) is 1. The lowest BCUT2D eigenvalue weighted by Gasteiger charge is -2.36. The van der Waals surface area contributed by atoms with Crippen molar-refractivity contribution in [2.75, 3.05) is 0 Å². The molecule has 1 saturated carbocycles. The molecule has 0 bridgehead atoms. The van der Waals surface area contributed by atoms with E-state index >= 15 is 0 Å². The summed E-state index contributed by atoms with van der Waals surface area (Å²) in [5, 5.41) is 2.57. The summed E-state index contributed by atoms with van der Waals surface area (Å²) in [6.07, 6.45) is 8.19. The minimum atomic E-state index is -0.0425. The second-order valence-electron chi connectivity index (χ2n) is 8.21. The van der Waals surface area contributed by atoms with Crippen LogP contribution in [-0.2, 0) is 9.59 Å². The highest BCUT2D eigenvalue weighted by Gasteiger charge is 2.49. The van der Waals surface area contributed by atoms with E-state index in [2.05, 4.69) is 33.0 Å². The highest BCUT2D eigenvalue weighted by atomic mass is 16.2. The molecule has 126 valence electrons. The highest BCUT2D eigenvalue weighted by molar-refractivity contribution is 6.05. The van der Waals surface area contributed by atoms with Gasteiger partial charge in [-0.3, -0.25) is 14.9 Å². The van der Waals surface area contributed by atoms with Gasteiger partial charge in [-0.25, -0.2) is 0 Å². The van der Waals surface area contributed by atoms with Crippen molar-refractivity contribution in [3.8, 4) is 0 Å². The van der Waals surface area contributed by atoms with Crippen LogP contribution in [0.5, 0.6) is 0 Å². The predicted octanol–water partition coefficient (Wildman–Crippen LogP) is 4.16. The van der Waals surface area contributed by atoms with Crippen LogP contribution in [0.15, 0.2) is 0 Å². The smallest absolute Gasteiger partial charge is 0.230 e. The van der Waals surface area contributed by atoms with E-state index in [4.69, 9.17) is 0 Å². The topological polar surface area (TPSA) is 46.2 Å². The number of imide groups is 1. The molecule has 1 aliphatic carbocycles. The first-order valence-electron chi connectivity index (χ1n) is 9.24. The van der Waals surface area contributed by atoms with E-state index < -0.39 is 0 Å². The number of rotatable bonds is 7. The number of amides is 2. The molecule has 1 aliphatic heterocycles. The lowest BCUT2D eigenvalue weighted by Crippen LogP contribution is -2.36. The quantitative estimate of drug-likeness (QED) is 0.718. The summed E-state index contributed by atoms with van der Waals surface area (Å²) in [5.41, 5.74) is 0. The summed E-state index contributed by atoms with van der Waals surface area (Å²) in [7, 11) is 0. The van der Waals surface area contributed by atoms with E-state index in [1.54, 1.807) is 0 Å². The first-order chi connectivity index (χ1) is 10.4. The normalized spacial score (nSPS) is 33.0. The Hall–Kier alpha value is -0.860. The molecule has 3 nitrogen and oxygen atoms in total. The van der Waals surface area contributed by atoms with Gasteiger partial charge in [0.05, 0.1) is 11.8 Å². The Kier molecular flexibility index (Phi) is 6.05. The Morgan fingerprint density at radius 2 is 1.77 bits per heavy atom. The minimum absolute atomic E-state index is 0.000916. The molecular weight excluding hydrogens is 274 g/mol. The van der Waals surface area contributed by atoms with Gasteiger partial charge in [0, 0.05) is 0 Å². The van der Waals surface area contributed by atoms with Crippen molar-refractivity contribution in [3.05, 3.63) is 0 Å². The van der Waals surface area contributed by atoms with E-state index in [0.717, 1.165) is 31.1 Å². The molecule has 0 radical (unpaired) electrons. The molecular formula is C19H33NO2. The van der Waals surface area contributed by atoms with Gasteiger partial charge in [0.25, 0.3) is 0 Å². The van der Waals surface area contributed by atoms with Gasteiger partial charge >= 0.3 is 0 Å². The minimum Gasteiger partial charge on any atom is -0.296 e. The lowest BCUT2D eigenvalue weighted by atomic mass is 9.66. The van der Waals surface area contributed by atoms with E-state index in [1.165, 1.54) is 25.7 Å². The molecule has 0 aromatic rings. The van der Waals surface area contributed by atoms with Crippen molar-refractivity contribution in [2.45, 2.75) is 72.6 Å². The third-order valence-electron chi connectivity index (χ3n) is 5.92. The van der Waals surface area contributed by atoms with Gasteiger partial charge in [-0.2, -0.15) is 0 Å². The van der Waals surface area contributed by atoms with Gasteiger partial charge in [-0.05, 0) is 42.9 Å². The molecule has 2 rings (SSSR count). The molecule has 1 heterocycles. The fourth-order valence-corrected chi connectivity index (χ4v) is 4.42. The molecule has 2 fully saturated rings. The largest absolute Gasteiger partial charge is 0.296 e. The van der Waals surface area contributed by atoms with Gasteiger partial charge in [0.2, 0.25) is 11.8 Å². The molecule has 2 aliphatic rings. The summed E-state index contributed by atoms with van der Waals surface area (Å²) in [5.74, 6) is 2.39. The zero-order valence-corrected chi connectivity index (χ0v) is 14.7. The Labute approximate surface area is 135 Å². The first-order valence-corrected chi connectivity index (χ1v) is 9.24. The molecule has 3 heteroatoms. The average Bonchev–Trinajstić information content (AvgIpc) is 2.72. The third kappa shape index (κ3) is 4.11. The molecule has 0 spiro atoms. The monoisotopic (exact) mass is 307 g/mol. The Morgan fingerprint density at radius 1 is 1.05 bits per heavy atom. The second-order valence-corrected chi connectivity index (χ2v) is 8.21. The van der Waals surface area contributed by atoms with Crippen molar-refractivity contribution in [1.82, 2.24) is 5.32 Å². The van der Waals surface area contributed by atoms with E-state index in [1.807, 2.05) is 0 Å². The van der Waals surface area contributed by atoms with Gasteiger partial charge in [-0.15, -0.1) is 0 Å². The number of carbonyl (C=O) groups excluding carboxylic acids is 2. The second kappa shape index (κ2) is 7.61. The van der Waals surface area contributed by atoms with Crippen LogP contribution in [0.2, 0.25) is 0 Å². The third-order valence-corrected chi connectivity index (χ3v) is 5.92. The Balaban J connectivity index is 1.84. The zero-order chi connectivity index (χ0) is 16.3. The number of fused-ring (bicyclic) bond motifs is 1. The molecule has 5 atom stereocenters. The fourth-order valence-electron chi connectivity index (χ4n) is 4.42. The van der Waals surface area contributed by atoms with E-state index in [9.17, 15) is 9.59 Å². The van der Waals surface area contributed by atoms with Crippen LogP contribution in [0.4, 0.5) is 0 Å². The SMILES string of the molecule is CC(C)CCCC(C)CCC1C(C)CCC2C(=O)NC(=O)C21. The maximum atomic E-state index is 12.1.